The number of methoxy groups -OCH3 is 1. The van der Waals surface area contributed by atoms with Gasteiger partial charge in [-0.25, -0.2) is 4.98 Å². The van der Waals surface area contributed by atoms with Crippen LogP contribution in [0, 0.1) is 6.92 Å². The molecule has 1 N–H and O–H groups in total. The molecule has 0 aliphatic heterocycles. The number of nitrogens with zero attached hydrogens (tertiary/aromatic N) is 2. The molecule has 0 saturated heterocycles. The maximum absolute atomic E-state index is 12.8. The van der Waals surface area contributed by atoms with Gasteiger partial charge in [0, 0.05) is 25.0 Å². The molecule has 0 spiro atoms. The Balaban J connectivity index is 1.91. The average molecular weight is 349 g/mol. The van der Waals surface area contributed by atoms with Crippen molar-refractivity contribution in [1.82, 2.24) is 14.9 Å². The smallest absolute Gasteiger partial charge is 0.225 e. The van der Waals surface area contributed by atoms with E-state index in [0.29, 0.717) is 6.42 Å². The Morgan fingerprint density at radius 3 is 2.62 bits per heavy atom. The minimum atomic E-state index is -0.386. The van der Waals surface area contributed by atoms with E-state index in [9.17, 15) is 4.79 Å². The van der Waals surface area contributed by atoms with Crippen LogP contribution in [0.3, 0.4) is 0 Å². The first-order valence-electron chi connectivity index (χ1n) is 8.54. The molecule has 26 heavy (non-hydrogen) atoms. The number of rotatable bonds is 6. The van der Waals surface area contributed by atoms with E-state index in [4.69, 9.17) is 4.74 Å². The molecule has 3 rings (SSSR count). The molecule has 0 aliphatic carbocycles. The number of amides is 1. The SMILES string of the molecule is COc1ccccc1C(NC(=O)Cc1ccccc1C)c1nccn1C. The Morgan fingerprint density at radius 1 is 1.19 bits per heavy atom. The Labute approximate surface area is 153 Å². The van der Waals surface area contributed by atoms with Gasteiger partial charge in [-0.2, -0.15) is 0 Å². The van der Waals surface area contributed by atoms with Crippen molar-refractivity contribution in [2.24, 2.45) is 7.05 Å². The van der Waals surface area contributed by atoms with Crippen molar-refractivity contribution in [2.75, 3.05) is 7.11 Å². The topological polar surface area (TPSA) is 56.1 Å². The summed E-state index contributed by atoms with van der Waals surface area (Å²) in [6.07, 6.45) is 3.92. The van der Waals surface area contributed by atoms with Crippen LogP contribution < -0.4 is 10.1 Å². The van der Waals surface area contributed by atoms with Crippen molar-refractivity contribution in [3.05, 3.63) is 83.4 Å². The van der Waals surface area contributed by atoms with Gasteiger partial charge in [-0.1, -0.05) is 42.5 Å². The van der Waals surface area contributed by atoms with Gasteiger partial charge in [0.2, 0.25) is 5.91 Å². The van der Waals surface area contributed by atoms with Crippen LogP contribution in [0.1, 0.15) is 28.6 Å². The summed E-state index contributed by atoms with van der Waals surface area (Å²) in [6.45, 7) is 2.01. The molecule has 0 fully saturated rings. The highest BCUT2D eigenvalue weighted by atomic mass is 16.5. The van der Waals surface area contributed by atoms with Gasteiger partial charge >= 0.3 is 0 Å². The van der Waals surface area contributed by atoms with Gasteiger partial charge in [0.25, 0.3) is 0 Å². The minimum absolute atomic E-state index is 0.0572. The molecular weight excluding hydrogens is 326 g/mol. The van der Waals surface area contributed by atoms with E-state index in [1.807, 2.05) is 73.3 Å². The number of hydrogen-bond donors (Lipinski definition) is 1. The van der Waals surface area contributed by atoms with Gasteiger partial charge in [-0.05, 0) is 24.1 Å². The van der Waals surface area contributed by atoms with E-state index in [0.717, 1.165) is 28.3 Å². The van der Waals surface area contributed by atoms with E-state index >= 15 is 0 Å². The van der Waals surface area contributed by atoms with Crippen LogP contribution in [0.4, 0.5) is 0 Å². The number of para-hydroxylation sites is 1. The number of carbonyl (C=O) groups is 1. The van der Waals surface area contributed by atoms with Gasteiger partial charge in [0.05, 0.1) is 13.5 Å². The molecule has 1 atom stereocenters. The molecule has 1 heterocycles. The molecule has 134 valence electrons. The Bertz CT molecular complexity index is 902. The summed E-state index contributed by atoms with van der Waals surface area (Å²) in [5.41, 5.74) is 3.00. The quantitative estimate of drug-likeness (QED) is 0.744. The number of carbonyl (C=O) groups excluding carboxylic acids is 1. The third-order valence-corrected chi connectivity index (χ3v) is 4.48. The summed E-state index contributed by atoms with van der Waals surface area (Å²) in [7, 11) is 3.54. The normalized spacial score (nSPS) is 11.8. The molecule has 1 aromatic heterocycles. The van der Waals surface area contributed by atoms with Crippen LogP contribution in [0.2, 0.25) is 0 Å². The summed E-state index contributed by atoms with van der Waals surface area (Å²) in [5.74, 6) is 1.42. The monoisotopic (exact) mass is 349 g/mol. The predicted molar refractivity (Wildman–Crippen MR) is 101 cm³/mol. The molecule has 5 nitrogen and oxygen atoms in total. The maximum Gasteiger partial charge on any atom is 0.225 e. The summed E-state index contributed by atoms with van der Waals surface area (Å²) in [4.78, 5) is 17.2. The lowest BCUT2D eigenvalue weighted by Crippen LogP contribution is -2.32. The molecule has 1 amide bonds. The Morgan fingerprint density at radius 2 is 1.92 bits per heavy atom. The molecule has 0 aliphatic rings. The maximum atomic E-state index is 12.8. The van der Waals surface area contributed by atoms with Gasteiger partial charge < -0.3 is 14.6 Å². The zero-order chi connectivity index (χ0) is 18.5. The second-order valence-corrected chi connectivity index (χ2v) is 6.24. The number of aromatic nitrogens is 2. The summed E-state index contributed by atoms with van der Waals surface area (Å²) < 4.78 is 7.40. The first-order chi connectivity index (χ1) is 12.6. The van der Waals surface area contributed by atoms with E-state index in [1.165, 1.54) is 0 Å². The van der Waals surface area contributed by atoms with E-state index in [2.05, 4.69) is 10.3 Å². The molecule has 0 saturated carbocycles. The van der Waals surface area contributed by atoms with Crippen LogP contribution >= 0.6 is 0 Å². The standard InChI is InChI=1S/C21H23N3O2/c1-15-8-4-5-9-16(15)14-19(25)23-20(21-22-12-13-24(21)2)17-10-6-7-11-18(17)26-3/h4-13,20H,14H2,1-3H3,(H,23,25). The molecule has 5 heteroatoms. The average Bonchev–Trinajstić information content (AvgIpc) is 3.07. The lowest BCUT2D eigenvalue weighted by atomic mass is 10.0. The molecule has 3 aromatic rings. The van der Waals surface area contributed by atoms with Gasteiger partial charge in [-0.15, -0.1) is 0 Å². The van der Waals surface area contributed by atoms with Crippen LogP contribution in [-0.2, 0) is 18.3 Å². The van der Waals surface area contributed by atoms with Gasteiger partial charge in [0.15, 0.2) is 0 Å². The first kappa shape index (κ1) is 17.7. The fourth-order valence-corrected chi connectivity index (χ4v) is 3.04. The highest BCUT2D eigenvalue weighted by Gasteiger charge is 2.23. The molecule has 0 radical (unpaired) electrons. The zero-order valence-corrected chi connectivity index (χ0v) is 15.3. The van der Waals surface area contributed by atoms with Gasteiger partial charge in [0.1, 0.15) is 17.6 Å². The first-order valence-corrected chi connectivity index (χ1v) is 8.54. The minimum Gasteiger partial charge on any atom is -0.496 e. The second kappa shape index (κ2) is 7.87. The third-order valence-electron chi connectivity index (χ3n) is 4.48. The van der Waals surface area contributed by atoms with Crippen molar-refractivity contribution >= 4 is 5.91 Å². The van der Waals surface area contributed by atoms with Gasteiger partial charge in [-0.3, -0.25) is 4.79 Å². The van der Waals surface area contributed by atoms with Crippen molar-refractivity contribution in [3.63, 3.8) is 0 Å². The lowest BCUT2D eigenvalue weighted by molar-refractivity contribution is -0.121. The number of nitrogens with one attached hydrogen (secondary N) is 1. The zero-order valence-electron chi connectivity index (χ0n) is 15.3. The Hall–Kier alpha value is -3.08. The highest BCUT2D eigenvalue weighted by Crippen LogP contribution is 2.29. The van der Waals surface area contributed by atoms with Crippen molar-refractivity contribution < 1.29 is 9.53 Å². The third kappa shape index (κ3) is 3.77. The molecule has 2 aromatic carbocycles. The van der Waals surface area contributed by atoms with E-state index < -0.39 is 0 Å². The highest BCUT2D eigenvalue weighted by molar-refractivity contribution is 5.79. The number of imidazole rings is 1. The fourth-order valence-electron chi connectivity index (χ4n) is 3.04. The van der Waals surface area contributed by atoms with Crippen LogP contribution in [0.5, 0.6) is 5.75 Å². The summed E-state index contributed by atoms with van der Waals surface area (Å²) in [6, 6.07) is 15.2. The number of benzene rings is 2. The van der Waals surface area contributed by atoms with Crippen LogP contribution in [-0.4, -0.2) is 22.6 Å². The Kier molecular flexibility index (Phi) is 5.37. The van der Waals surface area contributed by atoms with Crippen LogP contribution in [0.25, 0.3) is 0 Å². The number of hydrogen-bond acceptors (Lipinski definition) is 3. The number of aryl methyl sites for hydroxylation is 2. The summed E-state index contributed by atoms with van der Waals surface area (Å²) >= 11 is 0. The lowest BCUT2D eigenvalue weighted by Gasteiger charge is -2.21. The van der Waals surface area contributed by atoms with Crippen molar-refractivity contribution in [3.8, 4) is 5.75 Å². The van der Waals surface area contributed by atoms with Crippen LogP contribution in [0.15, 0.2) is 60.9 Å². The second-order valence-electron chi connectivity index (χ2n) is 6.24. The predicted octanol–water partition coefficient (Wildman–Crippen LogP) is 3.19. The van der Waals surface area contributed by atoms with E-state index in [-0.39, 0.29) is 11.9 Å². The van der Waals surface area contributed by atoms with E-state index in [1.54, 1.807) is 13.3 Å². The molecule has 0 bridgehead atoms. The summed E-state index contributed by atoms with van der Waals surface area (Å²) in [5, 5.41) is 3.12. The van der Waals surface area contributed by atoms with Crippen molar-refractivity contribution in [1.29, 1.82) is 0 Å². The molecular formula is C21H23N3O2. The largest absolute Gasteiger partial charge is 0.496 e. The van der Waals surface area contributed by atoms with Crippen molar-refractivity contribution in [2.45, 2.75) is 19.4 Å². The number of ether oxygens (including phenoxy) is 1. The molecule has 1 unspecified atom stereocenters. The fraction of sp³-hybridized carbons (Fsp3) is 0.238.